The third-order valence-corrected chi connectivity index (χ3v) is 10.9. The maximum Gasteiger partial charge on any atom is 0.408 e. The maximum atomic E-state index is 13.6. The van der Waals surface area contributed by atoms with E-state index >= 15 is 0 Å². The van der Waals surface area contributed by atoms with Gasteiger partial charge in [-0.05, 0) is 65.5 Å². The lowest BCUT2D eigenvalue weighted by Gasteiger charge is -2.24. The molecule has 0 aromatic rings. The number of hydrogen-bond acceptors (Lipinski definition) is 12. The minimum absolute atomic E-state index is 0.0948. The van der Waals surface area contributed by atoms with Crippen LogP contribution in [0.4, 0.5) is 4.79 Å². The van der Waals surface area contributed by atoms with Gasteiger partial charge in [-0.2, -0.15) is 0 Å². The zero-order chi connectivity index (χ0) is 42.5. The van der Waals surface area contributed by atoms with E-state index in [1.807, 2.05) is 0 Å². The first-order valence-corrected chi connectivity index (χ1v) is 24.5. The highest BCUT2D eigenvalue weighted by atomic mass is 32.2. The lowest BCUT2D eigenvalue weighted by Crippen LogP contribution is -2.49. The molecule has 1 aliphatic rings. The average Bonchev–Trinajstić information content (AvgIpc) is 3.46. The summed E-state index contributed by atoms with van der Waals surface area (Å²) in [5.41, 5.74) is -0.812. The Hall–Kier alpha value is -3.66. The third-order valence-electron chi connectivity index (χ3n) is 8.23. The Kier molecular flexibility index (Phi) is 23.0. The van der Waals surface area contributed by atoms with Crippen LogP contribution in [-0.4, -0.2) is 97.7 Å². The van der Waals surface area contributed by atoms with Gasteiger partial charge in [0.05, 0.1) is 19.6 Å². The van der Waals surface area contributed by atoms with E-state index in [1.165, 1.54) is 24.3 Å². The number of thioether (sulfide) groups is 1. The zero-order valence-corrected chi connectivity index (χ0v) is 37.4. The van der Waals surface area contributed by atoms with Crippen LogP contribution < -0.4 is 16.0 Å². The molecule has 1 heterocycles. The summed E-state index contributed by atoms with van der Waals surface area (Å²) in [6.07, 6.45) is 8.71. The highest BCUT2D eigenvalue weighted by molar-refractivity contribution is 8.13. The lowest BCUT2D eigenvalue weighted by molar-refractivity contribution is -0.156. The summed E-state index contributed by atoms with van der Waals surface area (Å²) < 4.78 is 22.1. The van der Waals surface area contributed by atoms with Gasteiger partial charge in [-0.15, -0.1) is 0 Å². The van der Waals surface area contributed by atoms with Gasteiger partial charge in [0, 0.05) is 20.2 Å². The summed E-state index contributed by atoms with van der Waals surface area (Å²) >= 11 is 1.27. The largest absolute Gasteiger partial charge is 0.474 e. The van der Waals surface area contributed by atoms with Crippen LogP contribution in [0.1, 0.15) is 107 Å². The SMILES string of the molecule is C/C=C(\NC(=O)C1N=C(CNC(=O)OC(C)(C)C)O[C@@H]1C)C(=O)N[C@H](C(=O)O[C@H](/C=C/CCSC(=O)CCCCCCC)CC(=O)OCC[Si](C)(C)C)C(C)C. The number of carbonyl (C=O) groups is 6. The van der Waals surface area contributed by atoms with Crippen molar-refractivity contribution < 1.29 is 47.7 Å². The van der Waals surface area contributed by atoms with Crippen LogP contribution in [-0.2, 0) is 42.9 Å². The molecule has 1 unspecified atom stereocenters. The van der Waals surface area contributed by atoms with Crippen molar-refractivity contribution in [2.24, 2.45) is 10.9 Å². The fourth-order valence-corrected chi connectivity index (χ4v) is 6.56. The van der Waals surface area contributed by atoms with Crippen LogP contribution in [0.2, 0.25) is 25.7 Å². The molecule has 14 nitrogen and oxygen atoms in total. The van der Waals surface area contributed by atoms with E-state index in [1.54, 1.807) is 60.6 Å². The van der Waals surface area contributed by atoms with Crippen LogP contribution in [0.15, 0.2) is 28.9 Å². The normalized spacial score (nSPS) is 17.1. The molecule has 0 saturated heterocycles. The van der Waals surface area contributed by atoms with E-state index < -0.39 is 73.7 Å². The minimum Gasteiger partial charge on any atom is -0.474 e. The molecule has 0 aliphatic carbocycles. The lowest BCUT2D eigenvalue weighted by atomic mass is 10.0. The first kappa shape index (κ1) is 50.4. The first-order chi connectivity index (χ1) is 26.1. The third kappa shape index (κ3) is 22.2. The number of nitrogens with one attached hydrogen (secondary N) is 3. The van der Waals surface area contributed by atoms with E-state index in [-0.39, 0.29) is 36.3 Å². The predicted molar refractivity (Wildman–Crippen MR) is 223 cm³/mol. The number of amides is 3. The Morgan fingerprint density at radius 1 is 1.04 bits per heavy atom. The quantitative estimate of drug-likeness (QED) is 0.0238. The Morgan fingerprint density at radius 2 is 1.71 bits per heavy atom. The molecule has 1 aliphatic heterocycles. The van der Waals surface area contributed by atoms with E-state index in [2.05, 4.69) is 47.5 Å². The second kappa shape index (κ2) is 25.6. The molecule has 16 heteroatoms. The summed E-state index contributed by atoms with van der Waals surface area (Å²) in [5, 5.41) is 7.90. The first-order valence-electron chi connectivity index (χ1n) is 19.8. The van der Waals surface area contributed by atoms with Crippen molar-refractivity contribution in [1.29, 1.82) is 0 Å². The molecule has 0 aromatic heterocycles. The highest BCUT2D eigenvalue weighted by Gasteiger charge is 2.35. The van der Waals surface area contributed by atoms with Gasteiger partial charge < -0.3 is 34.9 Å². The molecule has 0 bridgehead atoms. The number of esters is 2. The molecule has 3 amide bonds. The summed E-state index contributed by atoms with van der Waals surface area (Å²) in [7, 11) is -1.45. The van der Waals surface area contributed by atoms with Crippen LogP contribution >= 0.6 is 11.8 Å². The fraction of sp³-hybridized carbons (Fsp3) is 0.725. The number of unbranched alkanes of at least 4 members (excludes halogenated alkanes) is 4. The predicted octanol–water partition coefficient (Wildman–Crippen LogP) is 6.61. The van der Waals surface area contributed by atoms with E-state index in [9.17, 15) is 28.8 Å². The van der Waals surface area contributed by atoms with Crippen molar-refractivity contribution in [2.45, 2.75) is 162 Å². The number of nitrogens with zero attached hydrogens (tertiary/aromatic N) is 1. The molecular formula is C40H68N4O10SSi. The molecule has 1 rings (SSSR count). The molecule has 0 spiro atoms. The Morgan fingerprint density at radius 3 is 2.32 bits per heavy atom. The summed E-state index contributed by atoms with van der Waals surface area (Å²) in [6, 6.07) is -1.35. The van der Waals surface area contributed by atoms with Gasteiger partial charge in [-0.25, -0.2) is 14.6 Å². The standard InChI is InChI=1S/C40H68N4O10SSi/c1-12-14-15-16-17-21-33(46)55-23-19-18-20-29(25-32(45)51-22-24-56(9,10)11)53-38(49)34(27(3)4)44-36(47)30(13-2)42-37(48)35-28(5)52-31(43-35)26-41-39(50)54-40(6,7)8/h13,18,20,27-29,34-35H,12,14-17,19,21-26H2,1-11H3,(H,41,50)(H,42,48)(H,44,47)/b20-18+,30-13-/t28-,29-,34+,35?/m1/s1. The van der Waals surface area contributed by atoms with Crippen molar-refractivity contribution in [3.63, 3.8) is 0 Å². The molecule has 318 valence electrons. The van der Waals surface area contributed by atoms with Gasteiger partial charge in [0.1, 0.15) is 29.5 Å². The number of allylic oxidation sites excluding steroid dienone is 2. The van der Waals surface area contributed by atoms with Crippen LogP contribution in [0.5, 0.6) is 0 Å². The molecule has 3 N–H and O–H groups in total. The van der Waals surface area contributed by atoms with Gasteiger partial charge in [-0.3, -0.25) is 19.2 Å². The van der Waals surface area contributed by atoms with Gasteiger partial charge in [0.2, 0.25) is 5.90 Å². The Balaban J connectivity index is 2.93. The summed E-state index contributed by atoms with van der Waals surface area (Å²) in [4.78, 5) is 81.6. The van der Waals surface area contributed by atoms with E-state index in [0.717, 1.165) is 31.7 Å². The number of carbonyl (C=O) groups excluding carboxylic acids is 6. The topological polar surface area (TPSA) is 188 Å². The Bertz CT molecular complexity index is 1400. The molecule has 0 radical (unpaired) electrons. The van der Waals surface area contributed by atoms with Crippen LogP contribution in [0, 0.1) is 5.92 Å². The van der Waals surface area contributed by atoms with Gasteiger partial charge in [0.15, 0.2) is 11.2 Å². The van der Waals surface area contributed by atoms with Crippen molar-refractivity contribution in [3.05, 3.63) is 23.9 Å². The second-order valence-corrected chi connectivity index (χ2v) is 23.1. The number of hydrogen-bond donors (Lipinski definition) is 3. The smallest absolute Gasteiger partial charge is 0.408 e. The van der Waals surface area contributed by atoms with Crippen LogP contribution in [0.25, 0.3) is 0 Å². The molecule has 0 aromatic carbocycles. The monoisotopic (exact) mass is 824 g/mol. The molecule has 0 fully saturated rings. The van der Waals surface area contributed by atoms with Crippen molar-refractivity contribution in [1.82, 2.24) is 16.0 Å². The number of alkyl carbamates (subject to hydrolysis) is 1. The molecule has 0 saturated carbocycles. The van der Waals surface area contributed by atoms with Gasteiger partial charge in [-0.1, -0.05) is 90.0 Å². The number of aliphatic imine (C=N–C) groups is 1. The molecular weight excluding hydrogens is 757 g/mol. The number of ether oxygens (including phenoxy) is 4. The number of rotatable bonds is 24. The molecule has 4 atom stereocenters. The van der Waals surface area contributed by atoms with Gasteiger partial charge >= 0.3 is 18.0 Å². The average molecular weight is 825 g/mol. The fourth-order valence-electron chi connectivity index (χ4n) is 5.07. The maximum absolute atomic E-state index is 13.6. The van der Waals surface area contributed by atoms with Crippen molar-refractivity contribution in [2.75, 3.05) is 18.9 Å². The minimum atomic E-state index is -1.45. The van der Waals surface area contributed by atoms with Crippen LogP contribution in [0.3, 0.4) is 0 Å². The zero-order valence-electron chi connectivity index (χ0n) is 35.5. The van der Waals surface area contributed by atoms with E-state index in [0.29, 0.717) is 18.6 Å². The summed E-state index contributed by atoms with van der Waals surface area (Å²) in [5.74, 6) is -2.39. The van der Waals surface area contributed by atoms with Crippen molar-refractivity contribution >= 4 is 60.7 Å². The molecule has 56 heavy (non-hydrogen) atoms. The second-order valence-electron chi connectivity index (χ2n) is 16.3. The highest BCUT2D eigenvalue weighted by Crippen LogP contribution is 2.17. The van der Waals surface area contributed by atoms with E-state index in [4.69, 9.17) is 18.9 Å². The Labute approximate surface area is 339 Å². The van der Waals surface area contributed by atoms with Gasteiger partial charge in [0.25, 0.3) is 11.8 Å². The van der Waals surface area contributed by atoms with Crippen molar-refractivity contribution in [3.8, 4) is 0 Å². The summed E-state index contributed by atoms with van der Waals surface area (Å²) in [6.45, 7) is 20.7.